The number of hydrogen-bond donors (Lipinski definition) is 2. The molecule has 1 aromatic heterocycles. The molecule has 0 aliphatic carbocycles. The van der Waals surface area contributed by atoms with Crippen molar-refractivity contribution in [3.05, 3.63) is 24.2 Å². The molecule has 5 nitrogen and oxygen atoms in total. The van der Waals surface area contributed by atoms with Gasteiger partial charge in [-0.1, -0.05) is 0 Å². The zero-order valence-corrected chi connectivity index (χ0v) is 10.6. The average Bonchev–Trinajstić information content (AvgIpc) is 2.77. The number of hydrogen-bond acceptors (Lipinski definition) is 5. The number of nitrogens with zero attached hydrogens (tertiary/aromatic N) is 1. The van der Waals surface area contributed by atoms with Gasteiger partial charge in [-0.2, -0.15) is 0 Å². The number of rotatable bonds is 9. The third kappa shape index (κ3) is 6.43. The van der Waals surface area contributed by atoms with Gasteiger partial charge in [-0.05, 0) is 19.2 Å². The van der Waals surface area contributed by atoms with Gasteiger partial charge in [0.05, 0.1) is 25.5 Å². The van der Waals surface area contributed by atoms with E-state index in [9.17, 15) is 5.11 Å². The average molecular weight is 242 g/mol. The molecule has 0 saturated carbocycles. The van der Waals surface area contributed by atoms with Crippen molar-refractivity contribution in [2.75, 3.05) is 40.4 Å². The standard InChI is InChI=1S/C12H22N2O3/c1-14(10-12-4-3-6-17-12)9-11(15)8-13-5-7-16-2/h3-4,6,11,13,15H,5,7-10H2,1-2H3. The fourth-order valence-electron chi connectivity index (χ4n) is 1.60. The molecule has 98 valence electrons. The zero-order valence-electron chi connectivity index (χ0n) is 10.6. The predicted octanol–water partition coefficient (Wildman–Crippen LogP) is 0.308. The van der Waals surface area contributed by atoms with E-state index < -0.39 is 0 Å². The minimum Gasteiger partial charge on any atom is -0.468 e. The zero-order chi connectivity index (χ0) is 12.5. The molecule has 0 fully saturated rings. The van der Waals surface area contributed by atoms with Crippen LogP contribution < -0.4 is 5.32 Å². The molecule has 1 rings (SSSR count). The van der Waals surface area contributed by atoms with Crippen LogP contribution in [-0.4, -0.2) is 56.5 Å². The van der Waals surface area contributed by atoms with E-state index in [1.165, 1.54) is 0 Å². The van der Waals surface area contributed by atoms with Crippen molar-refractivity contribution in [2.45, 2.75) is 12.6 Å². The molecule has 0 aliphatic rings. The van der Waals surface area contributed by atoms with Gasteiger partial charge in [0.1, 0.15) is 5.76 Å². The molecule has 1 heterocycles. The summed E-state index contributed by atoms with van der Waals surface area (Å²) in [6.45, 7) is 3.32. The first-order valence-corrected chi connectivity index (χ1v) is 5.81. The third-order valence-electron chi connectivity index (χ3n) is 2.39. The van der Waals surface area contributed by atoms with Crippen LogP contribution in [0.4, 0.5) is 0 Å². The second kappa shape index (κ2) is 8.25. The summed E-state index contributed by atoms with van der Waals surface area (Å²) < 4.78 is 10.2. The van der Waals surface area contributed by atoms with Gasteiger partial charge in [0, 0.05) is 26.7 Å². The highest BCUT2D eigenvalue weighted by Crippen LogP contribution is 2.03. The topological polar surface area (TPSA) is 57.9 Å². The van der Waals surface area contributed by atoms with Gasteiger partial charge in [-0.3, -0.25) is 4.90 Å². The number of aliphatic hydroxyl groups excluding tert-OH is 1. The number of likely N-dealkylation sites (N-methyl/N-ethyl adjacent to an activating group) is 1. The Morgan fingerprint density at radius 3 is 3.06 bits per heavy atom. The quantitative estimate of drug-likeness (QED) is 0.610. The second-order valence-electron chi connectivity index (χ2n) is 4.13. The first kappa shape index (κ1) is 14.2. The van der Waals surface area contributed by atoms with Crippen LogP contribution in [-0.2, 0) is 11.3 Å². The van der Waals surface area contributed by atoms with Crippen LogP contribution in [0.25, 0.3) is 0 Å². The molecule has 0 radical (unpaired) electrons. The Balaban J connectivity index is 2.10. The Labute approximate surface area is 102 Å². The monoisotopic (exact) mass is 242 g/mol. The molecule has 1 aromatic rings. The smallest absolute Gasteiger partial charge is 0.117 e. The highest BCUT2D eigenvalue weighted by molar-refractivity contribution is 4.97. The molecule has 0 saturated heterocycles. The van der Waals surface area contributed by atoms with Crippen LogP contribution in [0.3, 0.4) is 0 Å². The summed E-state index contributed by atoms with van der Waals surface area (Å²) in [7, 11) is 3.62. The van der Waals surface area contributed by atoms with Gasteiger partial charge in [0.15, 0.2) is 0 Å². The SMILES string of the molecule is COCCNCC(O)CN(C)Cc1ccco1. The highest BCUT2D eigenvalue weighted by atomic mass is 16.5. The Kier molecular flexibility index (Phi) is 6.88. The molecule has 1 unspecified atom stereocenters. The van der Waals surface area contributed by atoms with E-state index in [0.29, 0.717) is 26.2 Å². The van der Waals surface area contributed by atoms with Crippen LogP contribution in [0.1, 0.15) is 5.76 Å². The molecule has 2 N–H and O–H groups in total. The summed E-state index contributed by atoms with van der Waals surface area (Å²) in [5.41, 5.74) is 0. The number of nitrogens with one attached hydrogen (secondary N) is 1. The minimum atomic E-state index is -0.383. The first-order valence-electron chi connectivity index (χ1n) is 5.81. The van der Waals surface area contributed by atoms with Crippen molar-refractivity contribution in [1.29, 1.82) is 0 Å². The highest BCUT2D eigenvalue weighted by Gasteiger charge is 2.09. The predicted molar refractivity (Wildman–Crippen MR) is 65.8 cm³/mol. The van der Waals surface area contributed by atoms with E-state index in [2.05, 4.69) is 5.32 Å². The van der Waals surface area contributed by atoms with Gasteiger partial charge in [0.25, 0.3) is 0 Å². The van der Waals surface area contributed by atoms with Crippen LogP contribution >= 0.6 is 0 Å². The number of ether oxygens (including phenoxy) is 1. The van der Waals surface area contributed by atoms with Crippen molar-refractivity contribution >= 4 is 0 Å². The Bertz CT molecular complexity index is 277. The minimum absolute atomic E-state index is 0.383. The Morgan fingerprint density at radius 1 is 1.59 bits per heavy atom. The summed E-state index contributed by atoms with van der Waals surface area (Å²) in [4.78, 5) is 2.03. The van der Waals surface area contributed by atoms with E-state index in [1.807, 2.05) is 24.1 Å². The second-order valence-corrected chi connectivity index (χ2v) is 4.13. The molecule has 0 spiro atoms. The summed E-state index contributed by atoms with van der Waals surface area (Å²) in [6.07, 6.45) is 1.28. The molecule has 0 bridgehead atoms. The fourth-order valence-corrected chi connectivity index (χ4v) is 1.60. The lowest BCUT2D eigenvalue weighted by Crippen LogP contribution is -2.37. The number of furan rings is 1. The molecule has 5 heteroatoms. The molecule has 0 amide bonds. The lowest BCUT2D eigenvalue weighted by molar-refractivity contribution is 0.114. The molecular formula is C12H22N2O3. The maximum Gasteiger partial charge on any atom is 0.117 e. The van der Waals surface area contributed by atoms with Gasteiger partial charge < -0.3 is 19.6 Å². The maximum atomic E-state index is 9.77. The largest absolute Gasteiger partial charge is 0.468 e. The lowest BCUT2D eigenvalue weighted by atomic mass is 10.3. The normalized spacial score (nSPS) is 13.2. The van der Waals surface area contributed by atoms with E-state index in [0.717, 1.165) is 12.3 Å². The van der Waals surface area contributed by atoms with Crippen LogP contribution in [0.15, 0.2) is 22.8 Å². The van der Waals surface area contributed by atoms with Gasteiger partial charge >= 0.3 is 0 Å². The van der Waals surface area contributed by atoms with E-state index in [1.54, 1.807) is 13.4 Å². The molecule has 0 aliphatic heterocycles. The van der Waals surface area contributed by atoms with Gasteiger partial charge in [-0.15, -0.1) is 0 Å². The molecular weight excluding hydrogens is 220 g/mol. The van der Waals surface area contributed by atoms with Crippen molar-refractivity contribution in [2.24, 2.45) is 0 Å². The number of methoxy groups -OCH3 is 1. The summed E-state index contributed by atoms with van der Waals surface area (Å²) in [5, 5.41) is 12.9. The van der Waals surface area contributed by atoms with Crippen molar-refractivity contribution < 1.29 is 14.3 Å². The number of aliphatic hydroxyl groups is 1. The maximum absolute atomic E-state index is 9.77. The van der Waals surface area contributed by atoms with E-state index in [-0.39, 0.29) is 6.10 Å². The third-order valence-corrected chi connectivity index (χ3v) is 2.39. The Morgan fingerprint density at radius 2 is 2.41 bits per heavy atom. The van der Waals surface area contributed by atoms with Crippen molar-refractivity contribution in [1.82, 2.24) is 10.2 Å². The fraction of sp³-hybridized carbons (Fsp3) is 0.667. The summed E-state index contributed by atoms with van der Waals surface area (Å²) in [6, 6.07) is 3.80. The van der Waals surface area contributed by atoms with Crippen molar-refractivity contribution in [3.8, 4) is 0 Å². The van der Waals surface area contributed by atoms with Gasteiger partial charge in [-0.25, -0.2) is 0 Å². The molecule has 17 heavy (non-hydrogen) atoms. The Hall–Kier alpha value is -0.880. The molecule has 1 atom stereocenters. The van der Waals surface area contributed by atoms with Crippen LogP contribution in [0.5, 0.6) is 0 Å². The molecule has 0 aromatic carbocycles. The van der Waals surface area contributed by atoms with E-state index in [4.69, 9.17) is 9.15 Å². The van der Waals surface area contributed by atoms with Crippen LogP contribution in [0, 0.1) is 0 Å². The van der Waals surface area contributed by atoms with Gasteiger partial charge in [0.2, 0.25) is 0 Å². The summed E-state index contributed by atoms with van der Waals surface area (Å²) in [5.74, 6) is 0.909. The van der Waals surface area contributed by atoms with Crippen LogP contribution in [0.2, 0.25) is 0 Å². The van der Waals surface area contributed by atoms with Crippen molar-refractivity contribution in [3.63, 3.8) is 0 Å². The van der Waals surface area contributed by atoms with E-state index >= 15 is 0 Å². The summed E-state index contributed by atoms with van der Waals surface area (Å²) >= 11 is 0. The lowest BCUT2D eigenvalue weighted by Gasteiger charge is -2.19. The first-order chi connectivity index (χ1) is 8.22.